The van der Waals surface area contributed by atoms with Crippen molar-refractivity contribution in [3.8, 4) is 0 Å². The fourth-order valence-electron chi connectivity index (χ4n) is 2.71. The van der Waals surface area contributed by atoms with Gasteiger partial charge in [0, 0.05) is 49.2 Å². The lowest BCUT2D eigenvalue weighted by atomic mass is 10.2. The standard InChI is InChI=1S/C17H27ClN4O2S/c1-3-19-17(20-8-13-25(23,24)4-2)22-11-9-21(10-12-22)16-7-5-6-15(18)14-16/h5-7,14H,3-4,8-13H2,1-2H3,(H,19,20). The highest BCUT2D eigenvalue weighted by molar-refractivity contribution is 7.91. The summed E-state index contributed by atoms with van der Waals surface area (Å²) in [5.74, 6) is 1.05. The second-order valence-corrected chi connectivity index (χ2v) is 8.84. The Morgan fingerprint density at radius 1 is 1.24 bits per heavy atom. The summed E-state index contributed by atoms with van der Waals surface area (Å²) < 4.78 is 23.2. The van der Waals surface area contributed by atoms with Gasteiger partial charge in [-0.15, -0.1) is 0 Å². The molecule has 0 unspecified atom stereocenters. The molecule has 0 atom stereocenters. The van der Waals surface area contributed by atoms with Gasteiger partial charge in [0.2, 0.25) is 0 Å². The molecule has 25 heavy (non-hydrogen) atoms. The summed E-state index contributed by atoms with van der Waals surface area (Å²) >= 11 is 6.08. The van der Waals surface area contributed by atoms with Gasteiger partial charge in [-0.25, -0.2) is 8.42 Å². The second kappa shape index (κ2) is 9.29. The lowest BCUT2D eigenvalue weighted by Gasteiger charge is -2.37. The second-order valence-electron chi connectivity index (χ2n) is 5.93. The van der Waals surface area contributed by atoms with Crippen molar-refractivity contribution in [1.82, 2.24) is 10.2 Å². The molecule has 1 aromatic rings. The molecule has 0 aromatic heterocycles. The molecule has 6 nitrogen and oxygen atoms in total. The van der Waals surface area contributed by atoms with E-state index in [1.165, 1.54) is 0 Å². The van der Waals surface area contributed by atoms with Crippen LogP contribution in [0.4, 0.5) is 5.69 Å². The maximum absolute atomic E-state index is 11.6. The molecule has 1 aromatic carbocycles. The van der Waals surface area contributed by atoms with Crippen molar-refractivity contribution in [1.29, 1.82) is 0 Å². The van der Waals surface area contributed by atoms with Crippen LogP contribution in [0.2, 0.25) is 5.02 Å². The fourth-order valence-corrected chi connectivity index (χ4v) is 3.55. The molecular formula is C17H27ClN4O2S. The summed E-state index contributed by atoms with van der Waals surface area (Å²) in [6.45, 7) is 8.15. The number of hydrogen-bond donors (Lipinski definition) is 1. The van der Waals surface area contributed by atoms with Crippen LogP contribution in [0.15, 0.2) is 29.3 Å². The molecule has 0 amide bonds. The smallest absolute Gasteiger partial charge is 0.194 e. The highest BCUT2D eigenvalue weighted by atomic mass is 35.5. The van der Waals surface area contributed by atoms with Crippen molar-refractivity contribution in [2.45, 2.75) is 13.8 Å². The van der Waals surface area contributed by atoms with Crippen LogP contribution in [-0.2, 0) is 9.84 Å². The maximum Gasteiger partial charge on any atom is 0.194 e. The van der Waals surface area contributed by atoms with Gasteiger partial charge in [0.1, 0.15) is 0 Å². The number of benzene rings is 1. The Morgan fingerprint density at radius 2 is 1.96 bits per heavy atom. The monoisotopic (exact) mass is 386 g/mol. The molecule has 140 valence electrons. The molecule has 1 heterocycles. The van der Waals surface area contributed by atoms with Crippen molar-refractivity contribution in [3.05, 3.63) is 29.3 Å². The van der Waals surface area contributed by atoms with Crippen molar-refractivity contribution >= 4 is 33.1 Å². The number of aliphatic imine (C=N–C) groups is 1. The van der Waals surface area contributed by atoms with E-state index in [1.54, 1.807) is 6.92 Å². The third kappa shape index (κ3) is 6.08. The van der Waals surface area contributed by atoms with E-state index in [1.807, 2.05) is 25.1 Å². The van der Waals surface area contributed by atoms with Crippen LogP contribution < -0.4 is 10.2 Å². The lowest BCUT2D eigenvalue weighted by molar-refractivity contribution is 0.373. The number of piperazine rings is 1. The minimum atomic E-state index is -2.98. The predicted octanol–water partition coefficient (Wildman–Crippen LogP) is 1.86. The first-order valence-corrected chi connectivity index (χ1v) is 10.9. The van der Waals surface area contributed by atoms with E-state index in [-0.39, 0.29) is 11.5 Å². The SMILES string of the molecule is CCNC(=NCCS(=O)(=O)CC)N1CCN(c2cccc(Cl)c2)CC1. The number of nitrogens with one attached hydrogen (secondary N) is 1. The third-order valence-electron chi connectivity index (χ3n) is 4.19. The van der Waals surface area contributed by atoms with Gasteiger partial charge in [0.05, 0.1) is 12.3 Å². The van der Waals surface area contributed by atoms with E-state index < -0.39 is 9.84 Å². The topological polar surface area (TPSA) is 65.0 Å². The zero-order valence-electron chi connectivity index (χ0n) is 14.9. The molecule has 1 N–H and O–H groups in total. The van der Waals surface area contributed by atoms with E-state index in [0.29, 0.717) is 6.54 Å². The average Bonchev–Trinajstić information content (AvgIpc) is 2.61. The van der Waals surface area contributed by atoms with Gasteiger partial charge in [0.25, 0.3) is 0 Å². The van der Waals surface area contributed by atoms with Gasteiger partial charge >= 0.3 is 0 Å². The number of rotatable bonds is 6. The summed E-state index contributed by atoms with van der Waals surface area (Å²) in [6.07, 6.45) is 0. The van der Waals surface area contributed by atoms with E-state index in [2.05, 4.69) is 26.2 Å². The molecule has 1 aliphatic heterocycles. The van der Waals surface area contributed by atoms with Gasteiger partial charge in [-0.05, 0) is 25.1 Å². The number of anilines is 1. The van der Waals surface area contributed by atoms with E-state index in [4.69, 9.17) is 11.6 Å². The van der Waals surface area contributed by atoms with Gasteiger partial charge in [-0.2, -0.15) is 0 Å². The molecule has 1 fully saturated rings. The predicted molar refractivity (Wildman–Crippen MR) is 106 cm³/mol. The first kappa shape index (κ1) is 19.8. The van der Waals surface area contributed by atoms with Crippen LogP contribution in [0, 0.1) is 0 Å². The van der Waals surface area contributed by atoms with E-state index >= 15 is 0 Å². The highest BCUT2D eigenvalue weighted by Crippen LogP contribution is 2.20. The number of guanidine groups is 1. The number of hydrogen-bond acceptors (Lipinski definition) is 4. The van der Waals surface area contributed by atoms with Crippen LogP contribution in [0.3, 0.4) is 0 Å². The summed E-state index contributed by atoms with van der Waals surface area (Å²) in [4.78, 5) is 8.98. The fraction of sp³-hybridized carbons (Fsp3) is 0.588. The number of sulfone groups is 1. The molecule has 8 heteroatoms. The van der Waals surface area contributed by atoms with Crippen molar-refractivity contribution in [2.75, 3.05) is 55.7 Å². The van der Waals surface area contributed by atoms with Gasteiger partial charge in [-0.1, -0.05) is 24.6 Å². The Labute approximate surface area is 155 Å². The van der Waals surface area contributed by atoms with Crippen LogP contribution in [0.1, 0.15) is 13.8 Å². The van der Waals surface area contributed by atoms with Crippen LogP contribution >= 0.6 is 11.6 Å². The van der Waals surface area contributed by atoms with Gasteiger partial charge < -0.3 is 15.1 Å². The zero-order valence-corrected chi connectivity index (χ0v) is 16.5. The summed E-state index contributed by atoms with van der Waals surface area (Å²) in [7, 11) is -2.98. The minimum absolute atomic E-state index is 0.0981. The molecule has 0 radical (unpaired) electrons. The number of nitrogens with zero attached hydrogens (tertiary/aromatic N) is 3. The molecule has 0 spiro atoms. The Balaban J connectivity index is 1.95. The van der Waals surface area contributed by atoms with Crippen LogP contribution in [-0.4, -0.2) is 70.1 Å². The average molecular weight is 387 g/mol. The summed E-state index contributed by atoms with van der Waals surface area (Å²) in [6, 6.07) is 7.88. The van der Waals surface area contributed by atoms with Crippen LogP contribution in [0.25, 0.3) is 0 Å². The lowest BCUT2D eigenvalue weighted by Crippen LogP contribution is -2.52. The largest absolute Gasteiger partial charge is 0.368 e. The van der Waals surface area contributed by atoms with E-state index in [9.17, 15) is 8.42 Å². The normalized spacial score (nSPS) is 16.2. The number of halogens is 1. The molecule has 1 saturated heterocycles. The summed E-state index contributed by atoms with van der Waals surface area (Å²) in [5.41, 5.74) is 1.13. The van der Waals surface area contributed by atoms with Crippen LogP contribution in [0.5, 0.6) is 0 Å². The Morgan fingerprint density at radius 3 is 2.56 bits per heavy atom. The highest BCUT2D eigenvalue weighted by Gasteiger charge is 2.20. The Kier molecular flexibility index (Phi) is 7.38. The van der Waals surface area contributed by atoms with Crippen molar-refractivity contribution in [2.24, 2.45) is 4.99 Å². The molecule has 1 aliphatic rings. The molecule has 0 saturated carbocycles. The van der Waals surface area contributed by atoms with Gasteiger partial charge in [-0.3, -0.25) is 4.99 Å². The molecule has 2 rings (SSSR count). The van der Waals surface area contributed by atoms with E-state index in [0.717, 1.165) is 49.4 Å². The van der Waals surface area contributed by atoms with Gasteiger partial charge in [0.15, 0.2) is 15.8 Å². The van der Waals surface area contributed by atoms with Crippen molar-refractivity contribution in [3.63, 3.8) is 0 Å². The minimum Gasteiger partial charge on any atom is -0.368 e. The summed E-state index contributed by atoms with van der Waals surface area (Å²) in [5, 5.41) is 4.00. The first-order chi connectivity index (χ1) is 11.9. The Hall–Kier alpha value is -1.47. The maximum atomic E-state index is 11.6. The molecule has 0 aliphatic carbocycles. The quantitative estimate of drug-likeness (QED) is 0.597. The third-order valence-corrected chi connectivity index (χ3v) is 6.11. The Bertz CT molecular complexity index is 686. The molecule has 0 bridgehead atoms. The zero-order chi connectivity index (χ0) is 18.3. The first-order valence-electron chi connectivity index (χ1n) is 8.69. The molecular weight excluding hydrogens is 360 g/mol. The van der Waals surface area contributed by atoms with Crippen molar-refractivity contribution < 1.29 is 8.42 Å².